The Morgan fingerprint density at radius 1 is 0.900 bits per heavy atom. The molecule has 0 amide bonds. The molecule has 0 saturated carbocycles. The molecule has 1 aliphatic heterocycles. The van der Waals surface area contributed by atoms with Gasteiger partial charge >= 0.3 is 0 Å². The Labute approximate surface area is 174 Å². The first-order chi connectivity index (χ1) is 14.6. The second-order valence-corrected chi connectivity index (χ2v) is 7.87. The highest BCUT2D eigenvalue weighted by Gasteiger charge is 2.23. The maximum Gasteiger partial charge on any atom is 0.167 e. The molecule has 0 unspecified atom stereocenters. The molecule has 3 aromatic heterocycles. The number of rotatable bonds is 3. The van der Waals surface area contributed by atoms with Crippen LogP contribution in [0, 0.1) is 5.82 Å². The Morgan fingerprint density at radius 2 is 1.60 bits per heavy atom. The van der Waals surface area contributed by atoms with E-state index in [2.05, 4.69) is 29.0 Å². The van der Waals surface area contributed by atoms with Gasteiger partial charge in [-0.1, -0.05) is 0 Å². The number of nitrogens with one attached hydrogen (secondary N) is 1. The van der Waals surface area contributed by atoms with E-state index in [0.717, 1.165) is 47.1 Å². The van der Waals surface area contributed by atoms with Crippen LogP contribution in [0.5, 0.6) is 0 Å². The fourth-order valence-electron chi connectivity index (χ4n) is 4.17. The number of halogens is 1. The molecule has 7 heteroatoms. The van der Waals surface area contributed by atoms with Crippen LogP contribution in [-0.4, -0.2) is 44.7 Å². The fourth-order valence-corrected chi connectivity index (χ4v) is 4.17. The van der Waals surface area contributed by atoms with Gasteiger partial charge in [0.25, 0.3) is 0 Å². The topological polar surface area (TPSA) is 58.9 Å². The van der Waals surface area contributed by atoms with Crippen molar-refractivity contribution in [3.05, 3.63) is 66.7 Å². The summed E-state index contributed by atoms with van der Waals surface area (Å²) < 4.78 is 15.5. The van der Waals surface area contributed by atoms with Crippen LogP contribution in [0.1, 0.15) is 13.8 Å². The van der Waals surface area contributed by atoms with Crippen LogP contribution in [0.15, 0.2) is 60.9 Å². The monoisotopic (exact) mass is 402 g/mol. The summed E-state index contributed by atoms with van der Waals surface area (Å²) in [5, 5.41) is 3.56. The van der Waals surface area contributed by atoms with E-state index in [1.54, 1.807) is 24.5 Å². The average Bonchev–Trinajstić information content (AvgIpc) is 3.13. The van der Waals surface area contributed by atoms with Gasteiger partial charge in [-0.2, -0.15) is 0 Å². The molecule has 1 aromatic carbocycles. The molecule has 5 rings (SSSR count). The van der Waals surface area contributed by atoms with Gasteiger partial charge in [-0.25, -0.2) is 14.4 Å². The molecule has 1 fully saturated rings. The number of anilines is 1. The number of pyridine rings is 2. The molecule has 1 aliphatic rings. The predicted octanol–water partition coefficient (Wildman–Crippen LogP) is 3.81. The average molecular weight is 402 g/mol. The van der Waals surface area contributed by atoms with E-state index in [1.807, 2.05) is 28.8 Å². The molecule has 0 spiro atoms. The number of fused-ring (bicyclic) bond motifs is 1. The zero-order valence-electron chi connectivity index (χ0n) is 17.0. The Bertz CT molecular complexity index is 1160. The highest BCUT2D eigenvalue weighted by atomic mass is 19.1. The molecular weight excluding hydrogens is 379 g/mol. The first kappa shape index (κ1) is 18.7. The minimum Gasteiger partial charge on any atom is -0.353 e. The van der Waals surface area contributed by atoms with Gasteiger partial charge in [-0.3, -0.25) is 9.55 Å². The van der Waals surface area contributed by atoms with Crippen molar-refractivity contribution in [1.82, 2.24) is 24.8 Å². The zero-order chi connectivity index (χ0) is 20.7. The van der Waals surface area contributed by atoms with Gasteiger partial charge in [0.05, 0.1) is 5.69 Å². The van der Waals surface area contributed by atoms with Gasteiger partial charge in [0, 0.05) is 43.1 Å². The second kappa shape index (κ2) is 7.50. The van der Waals surface area contributed by atoms with Crippen LogP contribution in [0.3, 0.4) is 0 Å². The van der Waals surface area contributed by atoms with Gasteiger partial charge in [0.15, 0.2) is 5.65 Å². The number of imidazole rings is 1. The number of aromatic nitrogens is 4. The van der Waals surface area contributed by atoms with E-state index in [0.29, 0.717) is 12.1 Å². The minimum atomic E-state index is -0.271. The molecule has 0 bridgehead atoms. The molecule has 30 heavy (non-hydrogen) atoms. The molecule has 1 saturated heterocycles. The summed E-state index contributed by atoms with van der Waals surface area (Å²) in [6.45, 7) is 6.18. The first-order valence-corrected chi connectivity index (χ1v) is 10.2. The summed E-state index contributed by atoms with van der Waals surface area (Å²) in [5.74, 6) is 1.39. The number of piperazine rings is 1. The molecule has 1 N–H and O–H groups in total. The van der Waals surface area contributed by atoms with Gasteiger partial charge in [-0.05, 0) is 62.4 Å². The summed E-state index contributed by atoms with van der Waals surface area (Å²) in [4.78, 5) is 16.3. The van der Waals surface area contributed by atoms with Crippen LogP contribution in [0.25, 0.3) is 28.2 Å². The molecule has 6 nitrogen and oxygen atoms in total. The zero-order valence-corrected chi connectivity index (χ0v) is 17.0. The predicted molar refractivity (Wildman–Crippen MR) is 116 cm³/mol. The van der Waals surface area contributed by atoms with E-state index in [1.165, 1.54) is 12.1 Å². The minimum absolute atomic E-state index is 0.271. The normalized spacial score (nSPS) is 19.4. The third-order valence-corrected chi connectivity index (χ3v) is 5.39. The van der Waals surface area contributed by atoms with Crippen molar-refractivity contribution in [3.63, 3.8) is 0 Å². The summed E-state index contributed by atoms with van der Waals surface area (Å²) >= 11 is 0. The Morgan fingerprint density at radius 3 is 2.30 bits per heavy atom. The number of hydrogen-bond acceptors (Lipinski definition) is 5. The fraction of sp³-hybridized carbons (Fsp3) is 0.261. The third-order valence-electron chi connectivity index (χ3n) is 5.39. The highest BCUT2D eigenvalue weighted by molar-refractivity contribution is 5.81. The number of benzene rings is 1. The Balaban J connectivity index is 1.68. The van der Waals surface area contributed by atoms with E-state index in [4.69, 9.17) is 9.97 Å². The summed E-state index contributed by atoms with van der Waals surface area (Å²) in [7, 11) is 0. The van der Waals surface area contributed by atoms with Crippen molar-refractivity contribution in [1.29, 1.82) is 0 Å². The first-order valence-electron chi connectivity index (χ1n) is 10.2. The SMILES string of the molecule is C[C@H]1CN(c2ccc3nc(-c4ccc(F)cc4)n(-c4ccncc4)c3n2)C[C@H](C)N1. The van der Waals surface area contributed by atoms with E-state index in [-0.39, 0.29) is 5.82 Å². The van der Waals surface area contributed by atoms with Crippen LogP contribution in [0.4, 0.5) is 10.2 Å². The van der Waals surface area contributed by atoms with Crippen LogP contribution < -0.4 is 10.2 Å². The van der Waals surface area contributed by atoms with Gasteiger partial charge in [0.2, 0.25) is 0 Å². The maximum atomic E-state index is 13.5. The van der Waals surface area contributed by atoms with Crippen LogP contribution in [-0.2, 0) is 0 Å². The van der Waals surface area contributed by atoms with E-state index >= 15 is 0 Å². The Kier molecular flexibility index (Phi) is 4.67. The summed E-state index contributed by atoms with van der Waals surface area (Å²) in [6.07, 6.45) is 3.50. The second-order valence-electron chi connectivity index (χ2n) is 7.87. The van der Waals surface area contributed by atoms with Gasteiger partial charge in [0.1, 0.15) is 23.0 Å². The molecule has 4 aromatic rings. The molecule has 0 aliphatic carbocycles. The molecule has 152 valence electrons. The Hall–Kier alpha value is -3.32. The largest absolute Gasteiger partial charge is 0.353 e. The van der Waals surface area contributed by atoms with Crippen molar-refractivity contribution < 1.29 is 4.39 Å². The van der Waals surface area contributed by atoms with E-state index < -0.39 is 0 Å². The molecule has 4 heterocycles. The third kappa shape index (κ3) is 3.41. The lowest BCUT2D eigenvalue weighted by atomic mass is 10.1. The quantitative estimate of drug-likeness (QED) is 0.565. The van der Waals surface area contributed by atoms with Crippen molar-refractivity contribution in [3.8, 4) is 17.1 Å². The van der Waals surface area contributed by atoms with Crippen LogP contribution >= 0.6 is 0 Å². The van der Waals surface area contributed by atoms with Crippen molar-refractivity contribution in [2.75, 3.05) is 18.0 Å². The van der Waals surface area contributed by atoms with E-state index in [9.17, 15) is 4.39 Å². The lowest BCUT2D eigenvalue weighted by molar-refractivity contribution is 0.405. The van der Waals surface area contributed by atoms with Crippen molar-refractivity contribution in [2.45, 2.75) is 25.9 Å². The van der Waals surface area contributed by atoms with Crippen molar-refractivity contribution in [2.24, 2.45) is 0 Å². The van der Waals surface area contributed by atoms with Crippen molar-refractivity contribution >= 4 is 17.0 Å². The lowest BCUT2D eigenvalue weighted by Crippen LogP contribution is -2.54. The van der Waals surface area contributed by atoms with Gasteiger partial charge < -0.3 is 10.2 Å². The number of hydrogen-bond donors (Lipinski definition) is 1. The standard InChI is InChI=1S/C23H23FN6/c1-15-13-29(14-16(2)26-15)21-8-7-20-23(28-21)30(19-9-11-25-12-10-19)22(27-20)17-3-5-18(24)6-4-17/h3-12,15-16,26H,13-14H2,1-2H3/t15-,16-/m0/s1. The summed E-state index contributed by atoms with van der Waals surface area (Å²) in [5.41, 5.74) is 3.32. The molecule has 0 radical (unpaired) electrons. The lowest BCUT2D eigenvalue weighted by Gasteiger charge is -2.36. The van der Waals surface area contributed by atoms with Gasteiger partial charge in [-0.15, -0.1) is 0 Å². The number of nitrogens with zero attached hydrogens (tertiary/aromatic N) is 5. The summed E-state index contributed by atoms with van der Waals surface area (Å²) in [6, 6.07) is 15.1. The smallest absolute Gasteiger partial charge is 0.167 e. The maximum absolute atomic E-state index is 13.5. The highest BCUT2D eigenvalue weighted by Crippen LogP contribution is 2.29. The molecular formula is C23H23FN6. The molecule has 2 atom stereocenters. The van der Waals surface area contributed by atoms with Crippen LogP contribution in [0.2, 0.25) is 0 Å².